The minimum Gasteiger partial charge on any atom is -0.397 e. The second-order valence-corrected chi connectivity index (χ2v) is 3.96. The van der Waals surface area contributed by atoms with Crippen molar-refractivity contribution in [2.24, 2.45) is 0 Å². The molecule has 0 aliphatic heterocycles. The summed E-state index contributed by atoms with van der Waals surface area (Å²) in [5.41, 5.74) is 7.63. The normalized spacial score (nSPS) is 10.4. The third-order valence-electron chi connectivity index (χ3n) is 1.47. The fraction of sp³-hybridized carbons (Fsp3) is 0.400. The standard InChI is InChI=1S/C10H16N2.ClH/c1-10(2,3)12-9-7-5-4-6-8(9)11;/h4-7,12H,11H2,1-3H3;1H. The summed E-state index contributed by atoms with van der Waals surface area (Å²) in [4.78, 5) is 0. The first-order valence-corrected chi connectivity index (χ1v) is 4.12. The second-order valence-electron chi connectivity index (χ2n) is 3.96. The van der Waals surface area contributed by atoms with Crippen molar-refractivity contribution in [2.75, 3.05) is 11.1 Å². The Kier molecular flexibility index (Phi) is 4.08. The van der Waals surface area contributed by atoms with Gasteiger partial charge in [0.05, 0.1) is 11.4 Å². The van der Waals surface area contributed by atoms with E-state index in [0.29, 0.717) is 0 Å². The molecule has 0 saturated heterocycles. The predicted octanol–water partition coefficient (Wildman–Crippen LogP) is 2.90. The van der Waals surface area contributed by atoms with Crippen molar-refractivity contribution in [3.63, 3.8) is 0 Å². The van der Waals surface area contributed by atoms with Gasteiger partial charge in [0.1, 0.15) is 0 Å². The number of para-hydroxylation sites is 2. The highest BCUT2D eigenvalue weighted by molar-refractivity contribution is 5.85. The van der Waals surface area contributed by atoms with Crippen LogP contribution in [0.25, 0.3) is 0 Å². The number of hydrogen-bond donors (Lipinski definition) is 2. The van der Waals surface area contributed by atoms with Crippen molar-refractivity contribution in [1.82, 2.24) is 0 Å². The molecule has 1 aromatic rings. The highest BCUT2D eigenvalue weighted by Crippen LogP contribution is 2.20. The van der Waals surface area contributed by atoms with Gasteiger partial charge in [-0.2, -0.15) is 0 Å². The summed E-state index contributed by atoms with van der Waals surface area (Å²) >= 11 is 0. The lowest BCUT2D eigenvalue weighted by Crippen LogP contribution is -2.26. The van der Waals surface area contributed by atoms with E-state index in [2.05, 4.69) is 26.1 Å². The lowest BCUT2D eigenvalue weighted by molar-refractivity contribution is 0.634. The third-order valence-corrected chi connectivity index (χ3v) is 1.47. The highest BCUT2D eigenvalue weighted by Gasteiger charge is 2.09. The van der Waals surface area contributed by atoms with Crippen molar-refractivity contribution in [1.29, 1.82) is 0 Å². The third kappa shape index (κ3) is 4.04. The van der Waals surface area contributed by atoms with Gasteiger partial charge in [-0.1, -0.05) is 12.1 Å². The van der Waals surface area contributed by atoms with Gasteiger partial charge in [0, 0.05) is 5.54 Å². The monoisotopic (exact) mass is 200 g/mol. The van der Waals surface area contributed by atoms with Gasteiger partial charge in [0.25, 0.3) is 0 Å². The summed E-state index contributed by atoms with van der Waals surface area (Å²) in [5.74, 6) is 0. The van der Waals surface area contributed by atoms with Crippen LogP contribution in [0.4, 0.5) is 11.4 Å². The van der Waals surface area contributed by atoms with Gasteiger partial charge in [0.2, 0.25) is 0 Å². The Balaban J connectivity index is 0.00000144. The fourth-order valence-electron chi connectivity index (χ4n) is 1.01. The molecule has 3 N–H and O–H groups in total. The Labute approximate surface area is 85.9 Å². The SMILES string of the molecule is CC(C)(C)Nc1ccccc1N.Cl. The molecule has 0 aliphatic rings. The van der Waals surface area contributed by atoms with Crippen LogP contribution >= 0.6 is 12.4 Å². The van der Waals surface area contributed by atoms with E-state index in [1.54, 1.807) is 0 Å². The van der Waals surface area contributed by atoms with Gasteiger partial charge >= 0.3 is 0 Å². The molecule has 0 spiro atoms. The Morgan fingerprint density at radius 2 is 1.69 bits per heavy atom. The molecule has 0 fully saturated rings. The summed E-state index contributed by atoms with van der Waals surface area (Å²) in [6, 6.07) is 7.79. The van der Waals surface area contributed by atoms with E-state index in [9.17, 15) is 0 Å². The predicted molar refractivity (Wildman–Crippen MR) is 61.5 cm³/mol. The number of halogens is 1. The topological polar surface area (TPSA) is 38.0 Å². The summed E-state index contributed by atoms with van der Waals surface area (Å²) < 4.78 is 0. The summed E-state index contributed by atoms with van der Waals surface area (Å²) in [6.07, 6.45) is 0. The largest absolute Gasteiger partial charge is 0.397 e. The molecule has 2 nitrogen and oxygen atoms in total. The van der Waals surface area contributed by atoms with Crippen molar-refractivity contribution < 1.29 is 0 Å². The van der Waals surface area contributed by atoms with Gasteiger partial charge < -0.3 is 11.1 Å². The Morgan fingerprint density at radius 1 is 1.15 bits per heavy atom. The maximum absolute atomic E-state index is 5.77. The van der Waals surface area contributed by atoms with Gasteiger partial charge in [-0.3, -0.25) is 0 Å². The number of nitrogens with two attached hydrogens (primary N) is 1. The van der Waals surface area contributed by atoms with Crippen molar-refractivity contribution in [3.05, 3.63) is 24.3 Å². The lowest BCUT2D eigenvalue weighted by Gasteiger charge is -2.23. The second kappa shape index (κ2) is 4.38. The van der Waals surface area contributed by atoms with Crippen LogP contribution in [0.15, 0.2) is 24.3 Å². The molecular formula is C10H17ClN2. The smallest absolute Gasteiger partial charge is 0.0577 e. The van der Waals surface area contributed by atoms with Crippen LogP contribution in [0, 0.1) is 0 Å². The molecule has 0 heterocycles. The number of anilines is 2. The van der Waals surface area contributed by atoms with Gasteiger partial charge in [0.15, 0.2) is 0 Å². The van der Waals surface area contributed by atoms with E-state index in [4.69, 9.17) is 5.73 Å². The first kappa shape index (κ1) is 12.1. The molecule has 3 heteroatoms. The zero-order valence-electron chi connectivity index (χ0n) is 8.29. The number of nitrogen functional groups attached to an aromatic ring is 1. The Morgan fingerprint density at radius 3 is 2.15 bits per heavy atom. The van der Waals surface area contributed by atoms with Gasteiger partial charge in [-0.25, -0.2) is 0 Å². The van der Waals surface area contributed by atoms with Crippen LogP contribution in [0.2, 0.25) is 0 Å². The van der Waals surface area contributed by atoms with Crippen LogP contribution < -0.4 is 11.1 Å². The average molecular weight is 201 g/mol. The first-order valence-electron chi connectivity index (χ1n) is 4.12. The molecule has 0 radical (unpaired) electrons. The van der Waals surface area contributed by atoms with E-state index in [-0.39, 0.29) is 17.9 Å². The molecule has 13 heavy (non-hydrogen) atoms. The highest BCUT2D eigenvalue weighted by atomic mass is 35.5. The molecular weight excluding hydrogens is 184 g/mol. The molecule has 0 amide bonds. The number of nitrogens with one attached hydrogen (secondary N) is 1. The molecule has 74 valence electrons. The van der Waals surface area contributed by atoms with Crippen LogP contribution in [-0.4, -0.2) is 5.54 Å². The van der Waals surface area contributed by atoms with Crippen LogP contribution in [0.5, 0.6) is 0 Å². The molecule has 0 aliphatic carbocycles. The van der Waals surface area contributed by atoms with Crippen molar-refractivity contribution >= 4 is 23.8 Å². The summed E-state index contributed by atoms with van der Waals surface area (Å²) in [7, 11) is 0. The number of hydrogen-bond acceptors (Lipinski definition) is 2. The summed E-state index contributed by atoms with van der Waals surface area (Å²) in [6.45, 7) is 6.33. The van der Waals surface area contributed by atoms with Crippen LogP contribution in [-0.2, 0) is 0 Å². The zero-order valence-corrected chi connectivity index (χ0v) is 9.11. The van der Waals surface area contributed by atoms with Gasteiger partial charge in [-0.15, -0.1) is 12.4 Å². The van der Waals surface area contributed by atoms with E-state index in [1.165, 1.54) is 0 Å². The van der Waals surface area contributed by atoms with Crippen molar-refractivity contribution in [3.8, 4) is 0 Å². The average Bonchev–Trinajstić information content (AvgIpc) is 1.91. The van der Waals surface area contributed by atoms with Crippen LogP contribution in [0.3, 0.4) is 0 Å². The minimum absolute atomic E-state index is 0. The quantitative estimate of drug-likeness (QED) is 0.685. The Bertz CT molecular complexity index is 266. The molecule has 0 atom stereocenters. The lowest BCUT2D eigenvalue weighted by atomic mass is 10.1. The molecule has 1 aromatic carbocycles. The van der Waals surface area contributed by atoms with E-state index < -0.39 is 0 Å². The zero-order chi connectivity index (χ0) is 9.19. The first-order chi connectivity index (χ1) is 5.49. The molecule has 0 bridgehead atoms. The van der Waals surface area contributed by atoms with Gasteiger partial charge in [-0.05, 0) is 32.9 Å². The van der Waals surface area contributed by atoms with Crippen molar-refractivity contribution in [2.45, 2.75) is 26.3 Å². The van der Waals surface area contributed by atoms with E-state index >= 15 is 0 Å². The Hall–Kier alpha value is -0.890. The van der Waals surface area contributed by atoms with E-state index in [0.717, 1.165) is 11.4 Å². The number of rotatable bonds is 1. The molecule has 0 unspecified atom stereocenters. The summed E-state index contributed by atoms with van der Waals surface area (Å²) in [5, 5.41) is 3.32. The molecule has 0 saturated carbocycles. The van der Waals surface area contributed by atoms with Crippen LogP contribution in [0.1, 0.15) is 20.8 Å². The maximum atomic E-state index is 5.77. The molecule has 1 rings (SSSR count). The fourth-order valence-corrected chi connectivity index (χ4v) is 1.01. The minimum atomic E-state index is 0. The maximum Gasteiger partial charge on any atom is 0.0577 e. The molecule has 0 aromatic heterocycles. The number of benzene rings is 1. The van der Waals surface area contributed by atoms with E-state index in [1.807, 2.05) is 24.3 Å².